The first kappa shape index (κ1) is 20.4. The largest absolute Gasteiger partial charge is 0.492 e. The number of halogens is 3. The lowest BCUT2D eigenvalue weighted by molar-refractivity contribution is -0.139. The molecule has 0 spiro atoms. The van der Waals surface area contributed by atoms with Gasteiger partial charge in [0.1, 0.15) is 17.1 Å². The van der Waals surface area contributed by atoms with Crippen molar-refractivity contribution in [1.82, 2.24) is 9.97 Å². The summed E-state index contributed by atoms with van der Waals surface area (Å²) < 4.78 is 51.5. The quantitative estimate of drug-likeness (QED) is 0.496. The zero-order chi connectivity index (χ0) is 20.9. The van der Waals surface area contributed by atoms with Gasteiger partial charge in [-0.1, -0.05) is 30.3 Å². The van der Waals surface area contributed by atoms with E-state index in [9.17, 15) is 13.2 Å². The Bertz CT molecular complexity index is 949. The van der Waals surface area contributed by atoms with Crippen molar-refractivity contribution in [2.45, 2.75) is 20.0 Å². The lowest BCUT2D eigenvalue weighted by Crippen LogP contribution is -2.21. The fraction of sp³-hybridized carbons (Fsp3) is 0.238. The summed E-state index contributed by atoms with van der Waals surface area (Å²) >= 11 is 0. The molecule has 2 aromatic carbocycles. The third-order valence-corrected chi connectivity index (χ3v) is 4.02. The predicted molar refractivity (Wildman–Crippen MR) is 104 cm³/mol. The molecule has 0 bridgehead atoms. The van der Waals surface area contributed by atoms with Crippen LogP contribution in [0.4, 0.5) is 24.8 Å². The number of hydrogen-bond acceptors (Lipinski definition) is 5. The Balaban J connectivity index is 2.06. The van der Waals surface area contributed by atoms with Crippen molar-refractivity contribution in [1.29, 1.82) is 0 Å². The van der Waals surface area contributed by atoms with Gasteiger partial charge in [-0.3, -0.25) is 0 Å². The van der Waals surface area contributed by atoms with Crippen molar-refractivity contribution in [3.63, 3.8) is 0 Å². The van der Waals surface area contributed by atoms with E-state index < -0.39 is 17.6 Å². The van der Waals surface area contributed by atoms with Crippen LogP contribution in [-0.4, -0.2) is 23.1 Å². The van der Waals surface area contributed by atoms with E-state index in [1.54, 1.807) is 47.4 Å². The molecule has 0 saturated carbocycles. The highest BCUT2D eigenvalue weighted by molar-refractivity contribution is 5.65. The monoisotopic (exact) mass is 403 g/mol. The molecule has 1 heterocycles. The molecule has 3 rings (SSSR count). The van der Waals surface area contributed by atoms with Crippen LogP contribution >= 0.6 is 0 Å². The number of ether oxygens (including phenoxy) is 2. The smallest absolute Gasteiger partial charge is 0.423 e. The molecule has 0 amide bonds. The number of alkyl halides is 3. The van der Waals surface area contributed by atoms with E-state index in [4.69, 9.17) is 9.47 Å². The molecule has 8 heteroatoms. The van der Waals surface area contributed by atoms with Crippen molar-refractivity contribution < 1.29 is 22.6 Å². The maximum atomic E-state index is 13.5. The summed E-state index contributed by atoms with van der Waals surface area (Å²) in [5, 5.41) is 0. The fourth-order valence-corrected chi connectivity index (χ4v) is 2.74. The molecule has 3 aromatic rings. The van der Waals surface area contributed by atoms with E-state index in [0.29, 0.717) is 24.6 Å². The highest BCUT2D eigenvalue weighted by atomic mass is 19.4. The van der Waals surface area contributed by atoms with Crippen molar-refractivity contribution in [2.24, 2.45) is 0 Å². The lowest BCUT2D eigenvalue weighted by atomic mass is 10.2. The Hall–Kier alpha value is -3.29. The summed E-state index contributed by atoms with van der Waals surface area (Å²) in [5.41, 5.74) is -0.387. The molecule has 0 saturated heterocycles. The van der Waals surface area contributed by atoms with Gasteiger partial charge < -0.3 is 14.4 Å². The fourth-order valence-electron chi connectivity index (χ4n) is 2.74. The number of aromatic nitrogens is 2. The van der Waals surface area contributed by atoms with Gasteiger partial charge in [-0.05, 0) is 38.1 Å². The van der Waals surface area contributed by atoms with Crippen LogP contribution in [0.25, 0.3) is 0 Å². The van der Waals surface area contributed by atoms with Crippen LogP contribution in [0.5, 0.6) is 17.4 Å². The van der Waals surface area contributed by atoms with Gasteiger partial charge in [0.15, 0.2) is 0 Å². The molecule has 0 fully saturated rings. The minimum Gasteiger partial charge on any atom is -0.492 e. The molecule has 0 atom stereocenters. The van der Waals surface area contributed by atoms with Crippen LogP contribution in [0.15, 0.2) is 60.8 Å². The van der Waals surface area contributed by atoms with Crippen LogP contribution in [0.1, 0.15) is 19.4 Å². The van der Waals surface area contributed by atoms with Crippen LogP contribution in [0, 0.1) is 0 Å². The van der Waals surface area contributed by atoms with Gasteiger partial charge in [-0.15, -0.1) is 0 Å². The molecule has 0 unspecified atom stereocenters. The van der Waals surface area contributed by atoms with Crippen molar-refractivity contribution in [3.8, 4) is 17.4 Å². The van der Waals surface area contributed by atoms with E-state index in [2.05, 4.69) is 9.97 Å². The Kier molecular flexibility index (Phi) is 6.21. The van der Waals surface area contributed by atoms with Crippen LogP contribution in [0.3, 0.4) is 0 Å². The van der Waals surface area contributed by atoms with Gasteiger partial charge >= 0.3 is 6.18 Å². The number of para-hydroxylation sites is 3. The third-order valence-electron chi connectivity index (χ3n) is 4.02. The second-order valence-electron chi connectivity index (χ2n) is 5.95. The first-order valence-electron chi connectivity index (χ1n) is 9.10. The summed E-state index contributed by atoms with van der Waals surface area (Å²) in [6, 6.07) is 15.4. The average Bonchev–Trinajstić information content (AvgIpc) is 2.70. The van der Waals surface area contributed by atoms with Crippen molar-refractivity contribution >= 4 is 11.6 Å². The van der Waals surface area contributed by atoms with Gasteiger partial charge in [0.2, 0.25) is 11.8 Å². The normalized spacial score (nSPS) is 11.2. The number of nitrogens with zero attached hydrogens (tertiary/aromatic N) is 3. The Morgan fingerprint density at radius 1 is 0.966 bits per heavy atom. The van der Waals surface area contributed by atoms with Gasteiger partial charge in [0.05, 0.1) is 12.3 Å². The minimum absolute atomic E-state index is 0.0820. The summed E-state index contributed by atoms with van der Waals surface area (Å²) in [4.78, 5) is 9.73. The molecular weight excluding hydrogens is 383 g/mol. The first-order valence-corrected chi connectivity index (χ1v) is 9.10. The standard InChI is InChI=1S/C21H20F3N3O2/c1-3-27(17-12-8-9-13-18(17)28-4-2)20-25-14-16(21(22,23)24)19(26-20)29-15-10-6-5-7-11-15/h5-14H,3-4H2,1-2H3. The molecular formula is C21H20F3N3O2. The molecule has 0 N–H and O–H groups in total. The van der Waals surface area contributed by atoms with E-state index in [-0.39, 0.29) is 11.7 Å². The number of hydrogen-bond donors (Lipinski definition) is 0. The van der Waals surface area contributed by atoms with Crippen LogP contribution in [-0.2, 0) is 6.18 Å². The van der Waals surface area contributed by atoms with Gasteiger partial charge in [0, 0.05) is 12.7 Å². The second kappa shape index (κ2) is 8.81. The first-order chi connectivity index (χ1) is 13.9. The van der Waals surface area contributed by atoms with Crippen molar-refractivity contribution in [3.05, 3.63) is 66.4 Å². The molecule has 0 aliphatic carbocycles. The lowest BCUT2D eigenvalue weighted by Gasteiger charge is -2.24. The van der Waals surface area contributed by atoms with Gasteiger partial charge in [-0.25, -0.2) is 4.98 Å². The predicted octanol–water partition coefficient (Wildman–Crippen LogP) is 5.84. The zero-order valence-corrected chi connectivity index (χ0v) is 16.0. The summed E-state index contributed by atoms with van der Waals surface area (Å²) in [7, 11) is 0. The second-order valence-corrected chi connectivity index (χ2v) is 5.95. The molecule has 0 aliphatic heterocycles. The van der Waals surface area contributed by atoms with Crippen LogP contribution < -0.4 is 14.4 Å². The maximum absolute atomic E-state index is 13.5. The van der Waals surface area contributed by atoms with Crippen LogP contribution in [0.2, 0.25) is 0 Å². The van der Waals surface area contributed by atoms with Gasteiger partial charge in [0.25, 0.3) is 0 Å². The molecule has 0 aliphatic rings. The molecule has 5 nitrogen and oxygen atoms in total. The molecule has 29 heavy (non-hydrogen) atoms. The number of rotatable bonds is 7. The van der Waals surface area contributed by atoms with Crippen molar-refractivity contribution in [2.75, 3.05) is 18.1 Å². The van der Waals surface area contributed by atoms with E-state index in [1.807, 2.05) is 26.0 Å². The Morgan fingerprint density at radius 3 is 2.31 bits per heavy atom. The minimum atomic E-state index is -4.65. The third kappa shape index (κ3) is 4.77. The molecule has 0 radical (unpaired) electrons. The highest BCUT2D eigenvalue weighted by Crippen LogP contribution is 2.39. The summed E-state index contributed by atoms with van der Waals surface area (Å²) in [6.45, 7) is 4.57. The molecule has 1 aromatic heterocycles. The zero-order valence-electron chi connectivity index (χ0n) is 16.0. The van der Waals surface area contributed by atoms with E-state index >= 15 is 0 Å². The Morgan fingerprint density at radius 2 is 1.66 bits per heavy atom. The summed E-state index contributed by atoms with van der Waals surface area (Å²) in [6.07, 6.45) is -3.91. The highest BCUT2D eigenvalue weighted by Gasteiger charge is 2.37. The van der Waals surface area contributed by atoms with Gasteiger partial charge in [-0.2, -0.15) is 18.2 Å². The average molecular weight is 403 g/mol. The van der Waals surface area contributed by atoms with E-state index in [0.717, 1.165) is 6.20 Å². The topological polar surface area (TPSA) is 47.5 Å². The van der Waals surface area contributed by atoms with E-state index in [1.165, 1.54) is 0 Å². The number of anilines is 2. The Labute approximate surface area is 166 Å². The SMILES string of the molecule is CCOc1ccccc1N(CC)c1ncc(C(F)(F)F)c(Oc2ccccc2)n1. The molecule has 152 valence electrons. The number of benzene rings is 2. The summed E-state index contributed by atoms with van der Waals surface area (Å²) in [5.74, 6) is 0.367. The maximum Gasteiger partial charge on any atom is 0.423 e.